The standard InChI is InChI=1S/C13H18N5O/c1-16-8-12(17(2)9-16)7-13(19)18(15)11-5-3-4-10(14)6-11/h3-6,8-9H,7,14-15H2,1-2H3/q+1. The van der Waals surface area contributed by atoms with Crippen LogP contribution < -0.4 is 21.2 Å². The van der Waals surface area contributed by atoms with Crippen molar-refractivity contribution in [2.75, 3.05) is 10.7 Å². The summed E-state index contributed by atoms with van der Waals surface area (Å²) in [5, 5.41) is 1.13. The first kappa shape index (κ1) is 13.1. The number of carbonyl (C=O) groups is 1. The molecule has 19 heavy (non-hydrogen) atoms. The zero-order chi connectivity index (χ0) is 14.0. The summed E-state index contributed by atoms with van der Waals surface area (Å²) in [5.41, 5.74) is 7.73. The Morgan fingerprint density at radius 2 is 2.21 bits per heavy atom. The van der Waals surface area contributed by atoms with Gasteiger partial charge in [-0.3, -0.25) is 4.79 Å². The number of aromatic nitrogens is 2. The maximum atomic E-state index is 12.1. The van der Waals surface area contributed by atoms with Crippen molar-refractivity contribution in [1.29, 1.82) is 0 Å². The van der Waals surface area contributed by atoms with Crippen LogP contribution in [0.3, 0.4) is 0 Å². The normalized spacial score (nSPS) is 10.5. The van der Waals surface area contributed by atoms with Crippen molar-refractivity contribution in [3.05, 3.63) is 42.5 Å². The summed E-state index contributed by atoms with van der Waals surface area (Å²) in [6, 6.07) is 6.93. The fraction of sp³-hybridized carbons (Fsp3) is 0.231. The van der Waals surface area contributed by atoms with Crippen LogP contribution in [-0.4, -0.2) is 10.5 Å². The average molecular weight is 260 g/mol. The third kappa shape index (κ3) is 2.92. The summed E-state index contributed by atoms with van der Waals surface area (Å²) in [5.74, 6) is 5.64. The maximum Gasteiger partial charge on any atom is 0.249 e. The number of hydrazine groups is 1. The SMILES string of the molecule is Cn1c[n+](C)cc1CC(=O)N(N)c1cccc(N)c1. The van der Waals surface area contributed by atoms with Gasteiger partial charge in [-0.2, -0.15) is 0 Å². The molecule has 6 heteroatoms. The highest BCUT2D eigenvalue weighted by Gasteiger charge is 2.17. The minimum Gasteiger partial charge on any atom is -0.399 e. The molecule has 0 saturated carbocycles. The molecule has 1 amide bonds. The Bertz CT molecular complexity index is 605. The fourth-order valence-corrected chi connectivity index (χ4v) is 1.94. The smallest absolute Gasteiger partial charge is 0.249 e. The molecule has 1 aromatic heterocycles. The van der Waals surface area contributed by atoms with E-state index in [-0.39, 0.29) is 12.3 Å². The van der Waals surface area contributed by atoms with Gasteiger partial charge in [-0.05, 0) is 18.2 Å². The molecule has 0 aliphatic rings. The molecule has 0 atom stereocenters. The lowest BCUT2D eigenvalue weighted by molar-refractivity contribution is -0.671. The van der Waals surface area contributed by atoms with Crippen LogP contribution in [0.2, 0.25) is 0 Å². The predicted molar refractivity (Wildman–Crippen MR) is 72.8 cm³/mol. The molecule has 100 valence electrons. The highest BCUT2D eigenvalue weighted by Crippen LogP contribution is 2.15. The number of nitrogens with two attached hydrogens (primary N) is 2. The van der Waals surface area contributed by atoms with Gasteiger partial charge in [0.25, 0.3) is 0 Å². The molecule has 0 spiro atoms. The van der Waals surface area contributed by atoms with E-state index < -0.39 is 0 Å². The topological polar surface area (TPSA) is 81.2 Å². The number of hydrogen-bond donors (Lipinski definition) is 2. The van der Waals surface area contributed by atoms with E-state index in [1.54, 1.807) is 24.3 Å². The number of benzene rings is 1. The van der Waals surface area contributed by atoms with Gasteiger partial charge in [0.15, 0.2) is 5.69 Å². The van der Waals surface area contributed by atoms with Crippen LogP contribution >= 0.6 is 0 Å². The van der Waals surface area contributed by atoms with Crippen LogP contribution in [0.1, 0.15) is 5.69 Å². The molecule has 0 unspecified atom stereocenters. The monoisotopic (exact) mass is 260 g/mol. The molecule has 0 bridgehead atoms. The molecular weight excluding hydrogens is 242 g/mol. The molecule has 0 saturated heterocycles. The lowest BCUT2D eigenvalue weighted by atomic mass is 10.2. The van der Waals surface area contributed by atoms with Crippen molar-refractivity contribution in [3.63, 3.8) is 0 Å². The summed E-state index contributed by atoms with van der Waals surface area (Å²) in [6.45, 7) is 0. The van der Waals surface area contributed by atoms with Crippen LogP contribution in [0.15, 0.2) is 36.8 Å². The van der Waals surface area contributed by atoms with Gasteiger partial charge in [0.1, 0.15) is 6.20 Å². The second-order valence-electron chi connectivity index (χ2n) is 4.55. The van der Waals surface area contributed by atoms with Gasteiger partial charge in [-0.1, -0.05) is 6.07 Å². The van der Waals surface area contributed by atoms with E-state index in [9.17, 15) is 4.79 Å². The van der Waals surface area contributed by atoms with Crippen molar-refractivity contribution in [2.24, 2.45) is 19.9 Å². The third-order valence-corrected chi connectivity index (χ3v) is 2.91. The van der Waals surface area contributed by atoms with Crippen LogP contribution in [0.4, 0.5) is 11.4 Å². The van der Waals surface area contributed by atoms with E-state index in [4.69, 9.17) is 11.6 Å². The van der Waals surface area contributed by atoms with E-state index in [0.29, 0.717) is 11.4 Å². The van der Waals surface area contributed by atoms with Crippen LogP contribution in [0.5, 0.6) is 0 Å². The molecular formula is C13H18N5O+. The summed E-state index contributed by atoms with van der Waals surface area (Å²) in [7, 11) is 3.80. The van der Waals surface area contributed by atoms with Gasteiger partial charge in [-0.15, -0.1) is 0 Å². The predicted octanol–water partition coefficient (Wildman–Crippen LogP) is -0.119. The van der Waals surface area contributed by atoms with E-state index in [0.717, 1.165) is 10.7 Å². The first-order valence-electron chi connectivity index (χ1n) is 5.91. The number of nitrogen functional groups attached to an aromatic ring is 1. The Morgan fingerprint density at radius 3 is 2.79 bits per heavy atom. The molecule has 1 aromatic carbocycles. The molecule has 0 fully saturated rings. The van der Waals surface area contributed by atoms with Crippen molar-refractivity contribution < 1.29 is 9.36 Å². The van der Waals surface area contributed by atoms with Crippen molar-refractivity contribution >= 4 is 17.3 Å². The number of aryl methyl sites for hydroxylation is 2. The Hall–Kier alpha value is -2.34. The highest BCUT2D eigenvalue weighted by molar-refractivity contribution is 5.93. The molecule has 1 heterocycles. The molecule has 2 rings (SSSR count). The molecule has 0 aliphatic carbocycles. The quantitative estimate of drug-likeness (QED) is 0.265. The first-order chi connectivity index (χ1) is 8.97. The lowest BCUT2D eigenvalue weighted by Crippen LogP contribution is -2.39. The maximum absolute atomic E-state index is 12.1. The molecule has 0 radical (unpaired) electrons. The van der Waals surface area contributed by atoms with Crippen LogP contribution in [0, 0.1) is 0 Å². The van der Waals surface area contributed by atoms with Crippen molar-refractivity contribution in [1.82, 2.24) is 4.57 Å². The Labute approximate surface area is 111 Å². The molecule has 0 aliphatic heterocycles. The minimum atomic E-state index is -0.188. The summed E-state index contributed by atoms with van der Waals surface area (Å²) in [6.07, 6.45) is 4.03. The van der Waals surface area contributed by atoms with Crippen LogP contribution in [-0.2, 0) is 25.3 Å². The van der Waals surface area contributed by atoms with E-state index >= 15 is 0 Å². The van der Waals surface area contributed by atoms with Crippen LogP contribution in [0.25, 0.3) is 0 Å². The minimum absolute atomic E-state index is 0.188. The number of hydrogen-bond acceptors (Lipinski definition) is 3. The van der Waals surface area contributed by atoms with Gasteiger partial charge in [-0.25, -0.2) is 20.0 Å². The van der Waals surface area contributed by atoms with Gasteiger partial charge in [0, 0.05) is 5.69 Å². The number of rotatable bonds is 3. The number of nitrogens with zero attached hydrogens (tertiary/aromatic N) is 3. The van der Waals surface area contributed by atoms with Gasteiger partial charge >= 0.3 is 0 Å². The zero-order valence-electron chi connectivity index (χ0n) is 11.1. The number of imidazole rings is 1. The van der Waals surface area contributed by atoms with E-state index in [1.165, 1.54) is 0 Å². The summed E-state index contributed by atoms with van der Waals surface area (Å²) < 4.78 is 3.79. The summed E-state index contributed by atoms with van der Waals surface area (Å²) in [4.78, 5) is 12.1. The second kappa shape index (κ2) is 5.11. The largest absolute Gasteiger partial charge is 0.399 e. The number of carbonyl (C=O) groups excluding carboxylic acids is 1. The van der Waals surface area contributed by atoms with E-state index in [2.05, 4.69) is 0 Å². The summed E-state index contributed by atoms with van der Waals surface area (Å²) >= 11 is 0. The average Bonchev–Trinajstić information content (AvgIpc) is 2.66. The lowest BCUT2D eigenvalue weighted by Gasteiger charge is -2.16. The van der Waals surface area contributed by atoms with Gasteiger partial charge in [0.05, 0.1) is 26.2 Å². The fourth-order valence-electron chi connectivity index (χ4n) is 1.94. The Balaban J connectivity index is 2.14. The van der Waals surface area contributed by atoms with Gasteiger partial charge < -0.3 is 5.73 Å². The molecule has 4 N–H and O–H groups in total. The third-order valence-electron chi connectivity index (χ3n) is 2.91. The molecule has 6 nitrogen and oxygen atoms in total. The Morgan fingerprint density at radius 1 is 1.47 bits per heavy atom. The number of anilines is 2. The van der Waals surface area contributed by atoms with Gasteiger partial charge in [0.2, 0.25) is 12.2 Å². The van der Waals surface area contributed by atoms with E-state index in [1.807, 2.05) is 35.8 Å². The molecule has 2 aromatic rings. The highest BCUT2D eigenvalue weighted by atomic mass is 16.2. The van der Waals surface area contributed by atoms with Crippen molar-refractivity contribution in [2.45, 2.75) is 6.42 Å². The first-order valence-corrected chi connectivity index (χ1v) is 5.91. The zero-order valence-corrected chi connectivity index (χ0v) is 11.1. The second-order valence-corrected chi connectivity index (χ2v) is 4.55. The number of amides is 1. The Kier molecular flexibility index (Phi) is 3.52. The van der Waals surface area contributed by atoms with Crippen molar-refractivity contribution in [3.8, 4) is 0 Å².